The molecule has 2 aromatic rings. The van der Waals surface area contributed by atoms with Gasteiger partial charge in [-0.05, 0) is 32.4 Å². The Morgan fingerprint density at radius 2 is 1.85 bits per heavy atom. The van der Waals surface area contributed by atoms with Gasteiger partial charge in [0.2, 0.25) is 0 Å². The molecule has 136 valence electrons. The quantitative estimate of drug-likeness (QED) is 0.859. The number of nitrogens with one attached hydrogen (secondary N) is 1. The number of carbonyl (C=O) groups is 2. The van der Waals surface area contributed by atoms with Gasteiger partial charge in [-0.3, -0.25) is 9.69 Å². The highest BCUT2D eigenvalue weighted by Crippen LogP contribution is 2.38. The molecular formula is C20H22N2O4. The smallest absolute Gasteiger partial charge is 0.408 e. The molecule has 0 radical (unpaired) electrons. The van der Waals surface area contributed by atoms with Crippen molar-refractivity contribution >= 4 is 17.7 Å². The Morgan fingerprint density at radius 1 is 1.15 bits per heavy atom. The van der Waals surface area contributed by atoms with Crippen LogP contribution < -0.4 is 10.1 Å². The van der Waals surface area contributed by atoms with E-state index >= 15 is 0 Å². The van der Waals surface area contributed by atoms with Gasteiger partial charge in [0.05, 0.1) is 5.69 Å². The molecule has 2 N–H and O–H groups in total. The van der Waals surface area contributed by atoms with Gasteiger partial charge in [-0.15, -0.1) is 0 Å². The maximum absolute atomic E-state index is 12.9. The summed E-state index contributed by atoms with van der Waals surface area (Å²) in [6.07, 6.45) is -1.16. The number of benzene rings is 2. The van der Waals surface area contributed by atoms with Crippen LogP contribution in [0.3, 0.4) is 0 Å². The maximum Gasteiger partial charge on any atom is 0.408 e. The summed E-state index contributed by atoms with van der Waals surface area (Å²) in [5.74, 6) is 0.130. The Morgan fingerprint density at radius 3 is 2.46 bits per heavy atom. The molecule has 0 bridgehead atoms. The van der Waals surface area contributed by atoms with Crippen LogP contribution in [0, 0.1) is 0 Å². The zero-order valence-corrected chi connectivity index (χ0v) is 15.0. The summed E-state index contributed by atoms with van der Waals surface area (Å²) < 4.78 is 5.83. The number of nitrogens with zero attached hydrogens (tertiary/aromatic N) is 1. The third kappa shape index (κ3) is 3.35. The number of hydrogen-bond acceptors (Lipinski definition) is 3. The van der Waals surface area contributed by atoms with Crippen molar-refractivity contribution in [3.8, 4) is 16.9 Å². The van der Waals surface area contributed by atoms with Gasteiger partial charge < -0.3 is 15.2 Å². The molecule has 0 spiro atoms. The molecule has 1 atom stereocenters. The van der Waals surface area contributed by atoms with Crippen LogP contribution in [0.4, 0.5) is 10.5 Å². The molecule has 0 fully saturated rings. The Hall–Kier alpha value is -3.02. The number of ether oxygens (including phenoxy) is 1. The number of amides is 2. The summed E-state index contributed by atoms with van der Waals surface area (Å²) in [4.78, 5) is 25.7. The van der Waals surface area contributed by atoms with Crippen molar-refractivity contribution < 1.29 is 19.4 Å². The highest BCUT2D eigenvalue weighted by atomic mass is 16.5. The lowest BCUT2D eigenvalue weighted by atomic mass is 10.0. The van der Waals surface area contributed by atoms with Crippen LogP contribution >= 0.6 is 0 Å². The molecule has 0 aromatic heterocycles. The monoisotopic (exact) mass is 354 g/mol. The lowest BCUT2D eigenvalue weighted by Crippen LogP contribution is -2.57. The maximum atomic E-state index is 12.9. The topological polar surface area (TPSA) is 78.9 Å². The lowest BCUT2D eigenvalue weighted by Gasteiger charge is -2.37. The third-order valence-electron chi connectivity index (χ3n) is 4.30. The van der Waals surface area contributed by atoms with E-state index in [2.05, 4.69) is 5.32 Å². The predicted molar refractivity (Wildman–Crippen MR) is 99.4 cm³/mol. The molecule has 1 aliphatic heterocycles. The van der Waals surface area contributed by atoms with Crippen LogP contribution in [0.2, 0.25) is 0 Å². The van der Waals surface area contributed by atoms with Crippen LogP contribution in [0.25, 0.3) is 11.1 Å². The molecule has 0 saturated carbocycles. The van der Waals surface area contributed by atoms with E-state index in [0.29, 0.717) is 11.4 Å². The Kier molecular flexibility index (Phi) is 4.59. The summed E-state index contributed by atoms with van der Waals surface area (Å²) >= 11 is 0. The fraction of sp³-hybridized carbons (Fsp3) is 0.300. The first-order chi connectivity index (χ1) is 12.3. The van der Waals surface area contributed by atoms with Gasteiger partial charge in [0.1, 0.15) is 18.4 Å². The SMILES string of the molecule is CC(C)(C)N(C(=O)O)[C@H]1COc2cccc(-c3ccccc3)c2NC1=O. The molecule has 26 heavy (non-hydrogen) atoms. The van der Waals surface area contributed by atoms with Gasteiger partial charge in [-0.25, -0.2) is 4.79 Å². The normalized spacial score (nSPS) is 16.7. The molecular weight excluding hydrogens is 332 g/mol. The predicted octanol–water partition coefficient (Wildman–Crippen LogP) is 3.83. The van der Waals surface area contributed by atoms with Gasteiger partial charge in [0.15, 0.2) is 0 Å². The fourth-order valence-electron chi connectivity index (χ4n) is 3.17. The molecule has 1 heterocycles. The minimum atomic E-state index is -1.16. The largest absolute Gasteiger partial charge is 0.489 e. The van der Waals surface area contributed by atoms with Crippen LogP contribution in [-0.4, -0.2) is 40.2 Å². The first-order valence-corrected chi connectivity index (χ1v) is 8.43. The summed E-state index contributed by atoms with van der Waals surface area (Å²) in [5.41, 5.74) is 1.59. The van der Waals surface area contributed by atoms with Gasteiger partial charge in [-0.1, -0.05) is 42.5 Å². The second kappa shape index (κ2) is 6.71. The van der Waals surface area contributed by atoms with E-state index in [9.17, 15) is 14.7 Å². The first-order valence-electron chi connectivity index (χ1n) is 8.43. The highest BCUT2D eigenvalue weighted by molar-refractivity contribution is 6.02. The molecule has 0 aliphatic carbocycles. The summed E-state index contributed by atoms with van der Waals surface area (Å²) in [5, 5.41) is 12.5. The lowest BCUT2D eigenvalue weighted by molar-refractivity contribution is -0.123. The van der Waals surface area contributed by atoms with Gasteiger partial charge in [-0.2, -0.15) is 0 Å². The second-order valence-electron chi connectivity index (χ2n) is 7.18. The van der Waals surface area contributed by atoms with E-state index in [4.69, 9.17) is 4.74 Å². The highest BCUT2D eigenvalue weighted by Gasteiger charge is 2.40. The van der Waals surface area contributed by atoms with Crippen LogP contribution in [-0.2, 0) is 4.79 Å². The summed E-state index contributed by atoms with van der Waals surface area (Å²) in [6, 6.07) is 14.2. The molecule has 0 unspecified atom stereocenters. The number of fused-ring (bicyclic) bond motifs is 1. The van der Waals surface area contributed by atoms with Crippen LogP contribution in [0.1, 0.15) is 20.8 Å². The van der Waals surface area contributed by atoms with E-state index in [1.807, 2.05) is 42.5 Å². The molecule has 0 saturated heterocycles. The van der Waals surface area contributed by atoms with E-state index in [1.165, 1.54) is 0 Å². The van der Waals surface area contributed by atoms with Crippen molar-refractivity contribution in [2.24, 2.45) is 0 Å². The number of hydrogen-bond donors (Lipinski definition) is 2. The minimum absolute atomic E-state index is 0.0410. The second-order valence-corrected chi connectivity index (χ2v) is 7.18. The number of carbonyl (C=O) groups excluding carboxylic acids is 1. The van der Waals surface area contributed by atoms with Gasteiger partial charge in [0, 0.05) is 11.1 Å². The van der Waals surface area contributed by atoms with Crippen molar-refractivity contribution in [1.29, 1.82) is 0 Å². The van der Waals surface area contributed by atoms with Crippen molar-refractivity contribution in [3.63, 3.8) is 0 Å². The zero-order chi connectivity index (χ0) is 18.9. The molecule has 6 heteroatoms. The van der Waals surface area contributed by atoms with E-state index in [-0.39, 0.29) is 6.61 Å². The van der Waals surface area contributed by atoms with Gasteiger partial charge >= 0.3 is 6.09 Å². The summed E-state index contributed by atoms with van der Waals surface area (Å²) in [7, 11) is 0. The van der Waals surface area contributed by atoms with Crippen molar-refractivity contribution in [2.45, 2.75) is 32.4 Å². The Balaban J connectivity index is 2.00. The molecule has 2 aromatic carbocycles. The fourth-order valence-corrected chi connectivity index (χ4v) is 3.17. The van der Waals surface area contributed by atoms with Crippen LogP contribution in [0.15, 0.2) is 48.5 Å². The third-order valence-corrected chi connectivity index (χ3v) is 4.30. The average molecular weight is 354 g/mol. The Bertz CT molecular complexity index is 827. The summed E-state index contributed by atoms with van der Waals surface area (Å²) in [6.45, 7) is 5.21. The van der Waals surface area contributed by atoms with Gasteiger partial charge in [0.25, 0.3) is 5.91 Å². The average Bonchev–Trinajstić information content (AvgIpc) is 2.73. The van der Waals surface area contributed by atoms with E-state index in [1.54, 1.807) is 26.8 Å². The number of rotatable bonds is 2. The molecule has 3 rings (SSSR count). The standard InChI is InChI=1S/C20H22N2O4/c1-20(2,3)22(19(24)25)15-12-26-16-11-7-10-14(17(16)21-18(15)23)13-8-5-4-6-9-13/h4-11,15H,12H2,1-3H3,(H,21,23)(H,24,25)/t15-/m0/s1. The Labute approximate surface area is 152 Å². The molecule has 6 nitrogen and oxygen atoms in total. The van der Waals surface area contributed by atoms with Crippen molar-refractivity contribution in [2.75, 3.05) is 11.9 Å². The van der Waals surface area contributed by atoms with Crippen molar-refractivity contribution in [3.05, 3.63) is 48.5 Å². The molecule has 1 aliphatic rings. The van der Waals surface area contributed by atoms with E-state index < -0.39 is 23.6 Å². The number of para-hydroxylation sites is 1. The van der Waals surface area contributed by atoms with Crippen molar-refractivity contribution in [1.82, 2.24) is 4.90 Å². The molecule has 2 amide bonds. The number of carboxylic acid groups (broad SMARTS) is 1. The first kappa shape index (κ1) is 17.8. The van der Waals surface area contributed by atoms with E-state index in [0.717, 1.165) is 16.0 Å². The number of anilines is 1. The zero-order valence-electron chi connectivity index (χ0n) is 15.0. The minimum Gasteiger partial charge on any atom is -0.489 e. The van der Waals surface area contributed by atoms with Crippen LogP contribution in [0.5, 0.6) is 5.75 Å².